The molecule has 0 fully saturated rings. The van der Waals surface area contributed by atoms with Gasteiger partial charge in [0.05, 0.1) is 5.70 Å². The van der Waals surface area contributed by atoms with Crippen molar-refractivity contribution in [3.8, 4) is 0 Å². The maximum atomic E-state index is 10.5. The van der Waals surface area contributed by atoms with Crippen LogP contribution in [-0.4, -0.2) is 19.7 Å². The Morgan fingerprint density at radius 3 is 2.50 bits per heavy atom. The third kappa shape index (κ3) is 7.05. The van der Waals surface area contributed by atoms with Crippen LogP contribution in [0.2, 0.25) is 0 Å². The van der Waals surface area contributed by atoms with Crippen molar-refractivity contribution in [1.29, 1.82) is 0 Å². The van der Waals surface area contributed by atoms with Crippen LogP contribution in [0.25, 0.3) is 0 Å². The molecule has 0 aliphatic carbocycles. The molecule has 0 heterocycles. The number of carbonyl (C=O) groups is 1. The number of carbonyl (C=O) groups excluding carboxylic acids is 1. The zero-order valence-corrected chi connectivity index (χ0v) is 12.0. The molecule has 18 heavy (non-hydrogen) atoms. The fraction of sp³-hybridized carbons (Fsp3) is 0.600. The molecule has 0 aliphatic heterocycles. The molecule has 3 heteroatoms. The van der Waals surface area contributed by atoms with E-state index in [1.54, 1.807) is 13.3 Å². The van der Waals surface area contributed by atoms with Gasteiger partial charge in [0.1, 0.15) is 0 Å². The molecule has 0 aromatic rings. The predicted molar refractivity (Wildman–Crippen MR) is 78.8 cm³/mol. The summed E-state index contributed by atoms with van der Waals surface area (Å²) in [4.78, 5) is 14.4. The molecular weight excluding hydrogens is 224 g/mol. The zero-order chi connectivity index (χ0) is 13.8. The average molecular weight is 250 g/mol. The Hall–Kier alpha value is -1.38. The number of amides is 1. The lowest BCUT2D eigenvalue weighted by molar-refractivity contribution is -0.108. The molecule has 0 rings (SSSR count). The Morgan fingerprint density at radius 1 is 1.28 bits per heavy atom. The van der Waals surface area contributed by atoms with Gasteiger partial charge in [0.2, 0.25) is 6.41 Å². The number of allylic oxidation sites excluding steroid dienone is 3. The van der Waals surface area contributed by atoms with Crippen molar-refractivity contribution >= 4 is 12.6 Å². The highest BCUT2D eigenvalue weighted by Crippen LogP contribution is 2.17. The van der Waals surface area contributed by atoms with Crippen LogP contribution in [0.15, 0.2) is 28.4 Å². The van der Waals surface area contributed by atoms with Crippen LogP contribution < -0.4 is 5.32 Å². The van der Waals surface area contributed by atoms with E-state index in [4.69, 9.17) is 0 Å². The van der Waals surface area contributed by atoms with Gasteiger partial charge in [-0.05, 0) is 25.3 Å². The molecule has 0 saturated carbocycles. The molecule has 1 N–H and O–H groups in total. The van der Waals surface area contributed by atoms with Crippen LogP contribution in [0.4, 0.5) is 0 Å². The minimum atomic E-state index is 0.676. The minimum absolute atomic E-state index is 0.676. The summed E-state index contributed by atoms with van der Waals surface area (Å²) in [7, 11) is 1.69. The molecule has 102 valence electrons. The standard InChI is InChI=1S/C15H26N2O/c1-5-6-7-8-9-10-13(2)14(3)15(11-16-4)17-12-18/h11-12H,2,5-10H2,1,3-4H3,(H,17,18)/b15-14+,16-11?. The molecule has 0 aromatic heterocycles. The van der Waals surface area contributed by atoms with Gasteiger partial charge in [-0.25, -0.2) is 0 Å². The Labute approximate surface area is 111 Å². The van der Waals surface area contributed by atoms with E-state index in [9.17, 15) is 4.79 Å². The van der Waals surface area contributed by atoms with E-state index in [-0.39, 0.29) is 0 Å². The van der Waals surface area contributed by atoms with Crippen molar-refractivity contribution < 1.29 is 4.79 Å². The van der Waals surface area contributed by atoms with Gasteiger partial charge >= 0.3 is 0 Å². The van der Waals surface area contributed by atoms with Crippen molar-refractivity contribution in [2.45, 2.75) is 52.4 Å². The summed E-state index contributed by atoms with van der Waals surface area (Å²) in [6.45, 7) is 8.27. The molecule has 0 bridgehead atoms. The van der Waals surface area contributed by atoms with Crippen LogP contribution in [0, 0.1) is 0 Å². The smallest absolute Gasteiger partial charge is 0.211 e. The molecule has 0 radical (unpaired) electrons. The second-order valence-corrected chi connectivity index (χ2v) is 4.46. The van der Waals surface area contributed by atoms with Crippen molar-refractivity contribution in [3.63, 3.8) is 0 Å². The highest BCUT2D eigenvalue weighted by atomic mass is 16.1. The second-order valence-electron chi connectivity index (χ2n) is 4.46. The van der Waals surface area contributed by atoms with E-state index >= 15 is 0 Å². The Bertz CT molecular complexity index is 316. The molecule has 0 spiro atoms. The van der Waals surface area contributed by atoms with Crippen molar-refractivity contribution in [2.24, 2.45) is 4.99 Å². The van der Waals surface area contributed by atoms with E-state index < -0.39 is 0 Å². The Morgan fingerprint density at radius 2 is 1.94 bits per heavy atom. The zero-order valence-electron chi connectivity index (χ0n) is 12.0. The fourth-order valence-electron chi connectivity index (χ4n) is 1.75. The van der Waals surface area contributed by atoms with Gasteiger partial charge in [-0.3, -0.25) is 9.79 Å². The lowest BCUT2D eigenvalue weighted by Crippen LogP contribution is -2.14. The molecule has 0 aliphatic rings. The highest BCUT2D eigenvalue weighted by molar-refractivity contribution is 5.83. The number of nitrogens with one attached hydrogen (secondary N) is 1. The molecule has 0 saturated heterocycles. The summed E-state index contributed by atoms with van der Waals surface area (Å²) < 4.78 is 0. The lowest BCUT2D eigenvalue weighted by atomic mass is 10.0. The van der Waals surface area contributed by atoms with Gasteiger partial charge in [-0.2, -0.15) is 0 Å². The first-order valence-corrected chi connectivity index (χ1v) is 6.68. The lowest BCUT2D eigenvalue weighted by Gasteiger charge is -2.10. The maximum Gasteiger partial charge on any atom is 0.211 e. The Balaban J connectivity index is 4.28. The summed E-state index contributed by atoms with van der Waals surface area (Å²) >= 11 is 0. The largest absolute Gasteiger partial charge is 0.327 e. The minimum Gasteiger partial charge on any atom is -0.327 e. The predicted octanol–water partition coefficient (Wildman–Crippen LogP) is 3.62. The SMILES string of the molecule is C=C(CCCCCCC)/C(C)=C(\C=NC)NC=O. The van der Waals surface area contributed by atoms with Crippen LogP contribution in [0.1, 0.15) is 52.4 Å². The van der Waals surface area contributed by atoms with Crippen molar-refractivity contribution in [1.82, 2.24) is 5.32 Å². The topological polar surface area (TPSA) is 41.5 Å². The molecule has 0 aromatic carbocycles. The van der Waals surface area contributed by atoms with E-state index in [2.05, 4.69) is 23.8 Å². The number of hydrogen-bond acceptors (Lipinski definition) is 2. The quantitative estimate of drug-likeness (QED) is 0.273. The van der Waals surface area contributed by atoms with Gasteiger partial charge in [-0.1, -0.05) is 44.8 Å². The summed E-state index contributed by atoms with van der Waals surface area (Å²) in [5.41, 5.74) is 2.84. The average Bonchev–Trinajstić information content (AvgIpc) is 2.37. The first-order chi connectivity index (χ1) is 8.67. The third-order valence-electron chi connectivity index (χ3n) is 2.99. The van der Waals surface area contributed by atoms with Gasteiger partial charge in [-0.15, -0.1) is 0 Å². The van der Waals surface area contributed by atoms with E-state index in [0.717, 1.165) is 29.7 Å². The van der Waals surface area contributed by atoms with Gasteiger partial charge in [0, 0.05) is 13.3 Å². The highest BCUT2D eigenvalue weighted by Gasteiger charge is 2.03. The Kier molecular flexibility index (Phi) is 9.93. The number of aliphatic imine (C=N–C) groups is 1. The van der Waals surface area contributed by atoms with Gasteiger partial charge < -0.3 is 5.32 Å². The number of nitrogens with zero attached hydrogens (tertiary/aromatic N) is 1. The van der Waals surface area contributed by atoms with Crippen molar-refractivity contribution in [2.75, 3.05) is 7.05 Å². The number of hydrogen-bond donors (Lipinski definition) is 1. The monoisotopic (exact) mass is 250 g/mol. The van der Waals surface area contributed by atoms with E-state index in [1.807, 2.05) is 6.92 Å². The second kappa shape index (κ2) is 10.8. The van der Waals surface area contributed by atoms with Crippen LogP contribution in [-0.2, 0) is 4.79 Å². The fourth-order valence-corrected chi connectivity index (χ4v) is 1.75. The normalized spacial score (nSPS) is 12.4. The first kappa shape index (κ1) is 16.6. The van der Waals surface area contributed by atoms with Crippen LogP contribution >= 0.6 is 0 Å². The van der Waals surface area contributed by atoms with E-state index in [0.29, 0.717) is 6.41 Å². The number of unbranched alkanes of at least 4 members (excludes halogenated alkanes) is 4. The summed E-state index contributed by atoms with van der Waals surface area (Å²) in [6, 6.07) is 0. The maximum absolute atomic E-state index is 10.5. The molecular formula is C15H26N2O. The van der Waals surface area contributed by atoms with Gasteiger partial charge in [0.15, 0.2) is 0 Å². The van der Waals surface area contributed by atoms with Crippen LogP contribution in [0.5, 0.6) is 0 Å². The summed E-state index contributed by atoms with van der Waals surface area (Å²) in [5.74, 6) is 0. The van der Waals surface area contributed by atoms with E-state index in [1.165, 1.54) is 25.7 Å². The van der Waals surface area contributed by atoms with Gasteiger partial charge in [0.25, 0.3) is 0 Å². The van der Waals surface area contributed by atoms with Crippen LogP contribution in [0.3, 0.4) is 0 Å². The third-order valence-corrected chi connectivity index (χ3v) is 2.99. The summed E-state index contributed by atoms with van der Waals surface area (Å²) in [6.07, 6.45) is 9.59. The number of rotatable bonds is 10. The summed E-state index contributed by atoms with van der Waals surface area (Å²) in [5, 5.41) is 2.66. The molecule has 0 atom stereocenters. The molecule has 0 unspecified atom stereocenters. The first-order valence-electron chi connectivity index (χ1n) is 6.68. The molecule has 3 nitrogen and oxygen atoms in total. The molecule has 1 amide bonds. The van der Waals surface area contributed by atoms with Crippen molar-refractivity contribution in [3.05, 3.63) is 23.4 Å².